The standard InChI is InChI=1S/C21H26FN3OS/c1-2-16-9-8-15-13-17(10-11-18(15)21(16,22)26)24-25-20(27)19(23)12-14-6-4-3-5-7-14/h3-7,10-11,13,16,18-19,26H,2,8-9,12,23H2,1H3,(H,25,27)/b24-17+/t16-,18+,19+,21?/m1/s1. The van der Waals surface area contributed by atoms with Gasteiger partial charge in [-0.1, -0.05) is 61.1 Å². The highest BCUT2D eigenvalue weighted by atomic mass is 32.1. The lowest BCUT2D eigenvalue weighted by Crippen LogP contribution is -2.45. The van der Waals surface area contributed by atoms with Crippen molar-refractivity contribution in [3.8, 4) is 0 Å². The number of rotatable bonds is 5. The van der Waals surface area contributed by atoms with E-state index in [0.717, 1.165) is 17.6 Å². The number of thiocarbonyl (C=S) groups is 1. The summed E-state index contributed by atoms with van der Waals surface area (Å²) in [5.41, 5.74) is 11.6. The van der Waals surface area contributed by atoms with Gasteiger partial charge in [0.1, 0.15) is 4.99 Å². The Kier molecular flexibility index (Phi) is 6.19. The SMILES string of the molecule is CC[C@@H]1CCC2=C/C(=N/NC(=S)[C@@H](N)Cc3ccccc3)C=C[C@@H]2C1(O)F. The highest BCUT2D eigenvalue weighted by Gasteiger charge is 2.47. The minimum absolute atomic E-state index is 0.329. The molecule has 144 valence electrons. The van der Waals surface area contributed by atoms with Gasteiger partial charge in [0.25, 0.3) is 0 Å². The van der Waals surface area contributed by atoms with E-state index in [0.29, 0.717) is 30.0 Å². The van der Waals surface area contributed by atoms with Crippen LogP contribution in [-0.2, 0) is 6.42 Å². The van der Waals surface area contributed by atoms with Gasteiger partial charge in [-0.2, -0.15) is 5.10 Å². The van der Waals surface area contributed by atoms with Gasteiger partial charge in [0.05, 0.1) is 17.7 Å². The molecule has 1 aromatic rings. The molecular formula is C21H26FN3OS. The fourth-order valence-electron chi connectivity index (χ4n) is 3.79. The van der Waals surface area contributed by atoms with Crippen molar-refractivity contribution in [2.24, 2.45) is 22.7 Å². The minimum atomic E-state index is -2.19. The van der Waals surface area contributed by atoms with Gasteiger partial charge in [0, 0.05) is 5.92 Å². The zero-order valence-corrected chi connectivity index (χ0v) is 16.3. The average molecular weight is 388 g/mol. The van der Waals surface area contributed by atoms with Crippen molar-refractivity contribution >= 4 is 22.9 Å². The number of allylic oxidation sites excluding steroid dienone is 2. The van der Waals surface area contributed by atoms with Crippen LogP contribution in [0.5, 0.6) is 0 Å². The predicted molar refractivity (Wildman–Crippen MR) is 111 cm³/mol. The first kappa shape index (κ1) is 19.9. The van der Waals surface area contributed by atoms with Gasteiger partial charge in [-0.25, -0.2) is 4.39 Å². The highest BCUT2D eigenvalue weighted by Crippen LogP contribution is 2.45. The maximum absolute atomic E-state index is 14.8. The molecule has 0 saturated heterocycles. The Hall–Kier alpha value is -1.89. The molecule has 1 saturated carbocycles. The predicted octanol–water partition coefficient (Wildman–Crippen LogP) is 3.42. The summed E-state index contributed by atoms with van der Waals surface area (Å²) in [4.78, 5) is 0.456. The van der Waals surface area contributed by atoms with E-state index in [1.54, 1.807) is 12.2 Å². The number of nitrogens with zero attached hydrogens (tertiary/aromatic N) is 1. The molecule has 0 aromatic heterocycles. The quantitative estimate of drug-likeness (QED) is 0.535. The van der Waals surface area contributed by atoms with Crippen molar-refractivity contribution in [2.75, 3.05) is 0 Å². The largest absolute Gasteiger partial charge is 0.361 e. The minimum Gasteiger partial charge on any atom is -0.361 e. The molecule has 2 aliphatic carbocycles. The Morgan fingerprint density at radius 1 is 1.44 bits per heavy atom. The van der Waals surface area contributed by atoms with Gasteiger partial charge < -0.3 is 10.8 Å². The lowest BCUT2D eigenvalue weighted by molar-refractivity contribution is -0.168. The second kappa shape index (κ2) is 8.42. The molecule has 4 atom stereocenters. The molecule has 0 spiro atoms. The Labute approximate surface area is 165 Å². The van der Waals surface area contributed by atoms with Gasteiger partial charge in [-0.3, -0.25) is 5.43 Å². The molecule has 0 aliphatic heterocycles. The molecule has 27 heavy (non-hydrogen) atoms. The van der Waals surface area contributed by atoms with Crippen LogP contribution in [-0.4, -0.2) is 27.7 Å². The molecule has 4 nitrogen and oxygen atoms in total. The summed E-state index contributed by atoms with van der Waals surface area (Å²) in [5, 5.41) is 14.6. The second-order valence-corrected chi connectivity index (χ2v) is 7.68. The topological polar surface area (TPSA) is 70.6 Å². The Bertz CT molecular complexity index is 773. The van der Waals surface area contributed by atoms with E-state index in [4.69, 9.17) is 18.0 Å². The van der Waals surface area contributed by atoms with Gasteiger partial charge in [0.2, 0.25) is 5.85 Å². The van der Waals surface area contributed by atoms with Crippen LogP contribution in [0.25, 0.3) is 0 Å². The molecule has 4 N–H and O–H groups in total. The number of fused-ring (bicyclic) bond motifs is 1. The van der Waals surface area contributed by atoms with Crippen molar-refractivity contribution in [2.45, 2.75) is 44.5 Å². The number of alkyl halides is 1. The molecule has 1 fully saturated rings. The maximum atomic E-state index is 14.8. The van der Waals surface area contributed by atoms with Crippen LogP contribution in [0.1, 0.15) is 31.7 Å². The van der Waals surface area contributed by atoms with Crippen LogP contribution in [0.4, 0.5) is 4.39 Å². The first-order chi connectivity index (χ1) is 12.9. The molecule has 0 amide bonds. The van der Waals surface area contributed by atoms with Crippen LogP contribution < -0.4 is 11.2 Å². The molecule has 2 aliphatic rings. The van der Waals surface area contributed by atoms with Crippen molar-refractivity contribution in [3.63, 3.8) is 0 Å². The summed E-state index contributed by atoms with van der Waals surface area (Å²) in [6, 6.07) is 9.57. The van der Waals surface area contributed by atoms with E-state index in [1.807, 2.05) is 43.3 Å². The van der Waals surface area contributed by atoms with Gasteiger partial charge in [0.15, 0.2) is 0 Å². The average Bonchev–Trinajstić information content (AvgIpc) is 2.66. The third-order valence-electron chi connectivity index (χ3n) is 5.41. The number of nitrogens with two attached hydrogens (primary N) is 1. The van der Waals surface area contributed by atoms with E-state index in [1.165, 1.54) is 0 Å². The monoisotopic (exact) mass is 387 g/mol. The number of aliphatic hydroxyl groups is 1. The molecule has 6 heteroatoms. The fourth-order valence-corrected chi connectivity index (χ4v) is 3.92. The number of nitrogens with one attached hydrogen (secondary N) is 1. The van der Waals surface area contributed by atoms with Crippen LogP contribution in [0.3, 0.4) is 0 Å². The van der Waals surface area contributed by atoms with Crippen molar-refractivity contribution < 1.29 is 9.50 Å². The van der Waals surface area contributed by atoms with Crippen molar-refractivity contribution in [1.29, 1.82) is 0 Å². The fraction of sp³-hybridized carbons (Fsp3) is 0.429. The van der Waals surface area contributed by atoms with E-state index in [-0.39, 0.29) is 12.0 Å². The zero-order chi connectivity index (χ0) is 19.4. The Balaban J connectivity index is 1.62. The Morgan fingerprint density at radius 2 is 2.19 bits per heavy atom. The third-order valence-corrected chi connectivity index (χ3v) is 5.80. The van der Waals surface area contributed by atoms with Crippen LogP contribution in [0.15, 0.2) is 59.2 Å². The van der Waals surface area contributed by atoms with Crippen LogP contribution in [0, 0.1) is 11.8 Å². The molecule has 3 rings (SSSR count). The van der Waals surface area contributed by atoms with Gasteiger partial charge in [-0.15, -0.1) is 0 Å². The van der Waals surface area contributed by atoms with Gasteiger partial charge >= 0.3 is 0 Å². The van der Waals surface area contributed by atoms with Crippen LogP contribution >= 0.6 is 12.2 Å². The molecule has 0 radical (unpaired) electrons. The van der Waals surface area contributed by atoms with Crippen molar-refractivity contribution in [1.82, 2.24) is 5.43 Å². The Morgan fingerprint density at radius 3 is 2.89 bits per heavy atom. The first-order valence-electron chi connectivity index (χ1n) is 9.38. The summed E-state index contributed by atoms with van der Waals surface area (Å²) < 4.78 is 14.8. The lowest BCUT2D eigenvalue weighted by Gasteiger charge is -2.41. The molecule has 1 aromatic carbocycles. The number of halogens is 1. The summed E-state index contributed by atoms with van der Waals surface area (Å²) >= 11 is 5.34. The maximum Gasteiger partial charge on any atom is 0.219 e. The second-order valence-electron chi connectivity index (χ2n) is 7.24. The zero-order valence-electron chi connectivity index (χ0n) is 15.4. The summed E-state index contributed by atoms with van der Waals surface area (Å²) in [6.07, 6.45) is 7.90. The number of benzene rings is 1. The normalized spacial score (nSPS) is 29.8. The molecular weight excluding hydrogens is 361 g/mol. The van der Waals surface area contributed by atoms with Gasteiger partial charge in [-0.05, 0) is 43.4 Å². The van der Waals surface area contributed by atoms with E-state index in [9.17, 15) is 9.50 Å². The summed E-state index contributed by atoms with van der Waals surface area (Å²) in [5.74, 6) is -3.12. The number of hydrogen-bond acceptors (Lipinski definition) is 4. The summed E-state index contributed by atoms with van der Waals surface area (Å²) in [6.45, 7) is 1.91. The third kappa shape index (κ3) is 4.51. The van der Waals surface area contributed by atoms with Crippen LogP contribution in [0.2, 0.25) is 0 Å². The molecule has 0 heterocycles. The van der Waals surface area contributed by atoms with E-state index in [2.05, 4.69) is 10.5 Å². The highest BCUT2D eigenvalue weighted by molar-refractivity contribution is 7.80. The lowest BCUT2D eigenvalue weighted by atomic mass is 9.71. The summed E-state index contributed by atoms with van der Waals surface area (Å²) in [7, 11) is 0. The molecule has 0 bridgehead atoms. The number of hydrazone groups is 1. The number of hydrogen-bond donors (Lipinski definition) is 3. The van der Waals surface area contributed by atoms with Crippen molar-refractivity contribution in [3.05, 3.63) is 59.7 Å². The molecule has 1 unspecified atom stereocenters. The smallest absolute Gasteiger partial charge is 0.219 e. The first-order valence-corrected chi connectivity index (χ1v) is 9.79. The van der Waals surface area contributed by atoms with E-state index < -0.39 is 11.8 Å². The van der Waals surface area contributed by atoms with E-state index >= 15 is 0 Å².